The van der Waals surface area contributed by atoms with E-state index in [9.17, 15) is 4.39 Å². The Bertz CT molecular complexity index is 410. The Morgan fingerprint density at radius 1 is 1.44 bits per heavy atom. The highest BCUT2D eigenvalue weighted by molar-refractivity contribution is 5.98. The van der Waals surface area contributed by atoms with Gasteiger partial charge in [0.2, 0.25) is 0 Å². The molecule has 0 fully saturated rings. The second-order valence-corrected chi connectivity index (χ2v) is 3.69. The van der Waals surface area contributed by atoms with Crippen molar-refractivity contribution in [3.63, 3.8) is 0 Å². The molecule has 0 unspecified atom stereocenters. The van der Waals surface area contributed by atoms with Gasteiger partial charge in [0, 0.05) is 25.9 Å². The molecule has 0 bridgehead atoms. The Kier molecular flexibility index (Phi) is 6.10. The van der Waals surface area contributed by atoms with Crippen molar-refractivity contribution in [3.05, 3.63) is 35.1 Å². The van der Waals surface area contributed by atoms with Crippen LogP contribution in [-0.2, 0) is 16.1 Å². The molecule has 0 aliphatic carbocycles. The minimum Gasteiger partial charge on any atom is -0.409 e. The molecule has 0 atom stereocenters. The Morgan fingerprint density at radius 2 is 2.22 bits per heavy atom. The van der Waals surface area contributed by atoms with Crippen LogP contribution in [0.15, 0.2) is 23.4 Å². The van der Waals surface area contributed by atoms with Crippen molar-refractivity contribution < 1.29 is 19.1 Å². The Hall–Kier alpha value is -1.66. The van der Waals surface area contributed by atoms with Crippen molar-refractivity contribution in [1.29, 1.82) is 0 Å². The number of nitrogens with zero attached hydrogens (tertiary/aromatic N) is 1. The molecule has 0 amide bonds. The SMILES string of the molecule is COCCCOCc1ccc(F)cc1C(N)=NO. The summed E-state index contributed by atoms with van der Waals surface area (Å²) in [6, 6.07) is 4.07. The van der Waals surface area contributed by atoms with E-state index in [0.717, 1.165) is 6.42 Å². The minimum absolute atomic E-state index is 0.134. The predicted octanol–water partition coefficient (Wildman–Crippen LogP) is 1.47. The lowest BCUT2D eigenvalue weighted by atomic mass is 10.1. The largest absolute Gasteiger partial charge is 0.409 e. The fourth-order valence-electron chi connectivity index (χ4n) is 1.45. The molecule has 0 aliphatic rings. The summed E-state index contributed by atoms with van der Waals surface area (Å²) in [7, 11) is 1.62. The zero-order valence-corrected chi connectivity index (χ0v) is 10.2. The van der Waals surface area contributed by atoms with Crippen LogP contribution in [0.2, 0.25) is 0 Å². The van der Waals surface area contributed by atoms with E-state index >= 15 is 0 Å². The van der Waals surface area contributed by atoms with Gasteiger partial charge in [-0.15, -0.1) is 0 Å². The number of nitrogens with two attached hydrogens (primary N) is 1. The summed E-state index contributed by atoms with van der Waals surface area (Å²) < 4.78 is 23.4. The maximum Gasteiger partial charge on any atom is 0.170 e. The van der Waals surface area contributed by atoms with Gasteiger partial charge in [-0.05, 0) is 24.1 Å². The zero-order valence-electron chi connectivity index (χ0n) is 10.2. The summed E-state index contributed by atoms with van der Waals surface area (Å²) in [4.78, 5) is 0. The first-order valence-corrected chi connectivity index (χ1v) is 5.52. The van der Waals surface area contributed by atoms with Crippen LogP contribution in [0.25, 0.3) is 0 Å². The monoisotopic (exact) mass is 256 g/mol. The number of halogens is 1. The van der Waals surface area contributed by atoms with E-state index in [4.69, 9.17) is 20.4 Å². The molecule has 18 heavy (non-hydrogen) atoms. The van der Waals surface area contributed by atoms with E-state index in [1.807, 2.05) is 0 Å². The topological polar surface area (TPSA) is 77.1 Å². The summed E-state index contributed by atoms with van der Waals surface area (Å²) in [5.74, 6) is -0.579. The average Bonchev–Trinajstić information content (AvgIpc) is 2.39. The predicted molar refractivity (Wildman–Crippen MR) is 65.1 cm³/mol. The molecule has 0 heterocycles. The molecule has 0 aliphatic heterocycles. The van der Waals surface area contributed by atoms with Crippen LogP contribution in [0.3, 0.4) is 0 Å². The van der Waals surface area contributed by atoms with E-state index in [2.05, 4.69) is 5.16 Å². The van der Waals surface area contributed by atoms with Gasteiger partial charge in [-0.2, -0.15) is 0 Å². The minimum atomic E-state index is -0.445. The molecule has 0 saturated carbocycles. The van der Waals surface area contributed by atoms with Gasteiger partial charge in [-0.25, -0.2) is 4.39 Å². The quantitative estimate of drug-likeness (QED) is 0.255. The van der Waals surface area contributed by atoms with Gasteiger partial charge in [-0.1, -0.05) is 11.2 Å². The third-order valence-corrected chi connectivity index (χ3v) is 2.35. The maximum absolute atomic E-state index is 13.1. The molecule has 0 aromatic heterocycles. The highest BCUT2D eigenvalue weighted by Crippen LogP contribution is 2.12. The molecule has 1 aromatic rings. The molecular formula is C12H17FN2O3. The van der Waals surface area contributed by atoms with Crippen molar-refractivity contribution in [2.45, 2.75) is 13.0 Å². The second kappa shape index (κ2) is 7.62. The molecule has 1 rings (SSSR count). The molecule has 5 nitrogen and oxygen atoms in total. The Balaban J connectivity index is 2.64. The van der Waals surface area contributed by atoms with Crippen molar-refractivity contribution >= 4 is 5.84 Å². The highest BCUT2D eigenvalue weighted by atomic mass is 19.1. The Morgan fingerprint density at radius 3 is 2.89 bits per heavy atom. The van der Waals surface area contributed by atoms with Gasteiger partial charge >= 0.3 is 0 Å². The highest BCUT2D eigenvalue weighted by Gasteiger charge is 2.08. The van der Waals surface area contributed by atoms with Crippen molar-refractivity contribution in [1.82, 2.24) is 0 Å². The third-order valence-electron chi connectivity index (χ3n) is 2.35. The van der Waals surface area contributed by atoms with E-state index in [-0.39, 0.29) is 12.4 Å². The van der Waals surface area contributed by atoms with E-state index in [1.54, 1.807) is 13.2 Å². The van der Waals surface area contributed by atoms with Crippen LogP contribution in [-0.4, -0.2) is 31.4 Å². The van der Waals surface area contributed by atoms with Crippen LogP contribution in [0.4, 0.5) is 4.39 Å². The number of amidine groups is 1. The summed E-state index contributed by atoms with van der Waals surface area (Å²) in [5.41, 5.74) is 6.48. The van der Waals surface area contributed by atoms with E-state index in [0.29, 0.717) is 24.3 Å². The van der Waals surface area contributed by atoms with Gasteiger partial charge in [0.1, 0.15) is 5.82 Å². The number of hydrogen-bond acceptors (Lipinski definition) is 4. The number of oxime groups is 1. The molecule has 0 radical (unpaired) electrons. The third kappa shape index (κ3) is 4.31. The lowest BCUT2D eigenvalue weighted by Gasteiger charge is -2.09. The second-order valence-electron chi connectivity index (χ2n) is 3.69. The van der Waals surface area contributed by atoms with Gasteiger partial charge in [0.25, 0.3) is 0 Å². The number of benzene rings is 1. The molecule has 100 valence electrons. The molecule has 1 aromatic carbocycles. The average molecular weight is 256 g/mol. The maximum atomic E-state index is 13.1. The smallest absolute Gasteiger partial charge is 0.170 e. The van der Waals surface area contributed by atoms with Crippen LogP contribution < -0.4 is 5.73 Å². The van der Waals surface area contributed by atoms with E-state index < -0.39 is 5.82 Å². The standard InChI is InChI=1S/C12H17FN2O3/c1-17-5-2-6-18-8-9-3-4-10(13)7-11(9)12(14)15-16/h3-4,7,16H,2,5-6,8H2,1H3,(H2,14,15). The first kappa shape index (κ1) is 14.4. The van der Waals surface area contributed by atoms with E-state index in [1.165, 1.54) is 12.1 Å². The van der Waals surface area contributed by atoms with Crippen LogP contribution in [0.1, 0.15) is 17.5 Å². The van der Waals surface area contributed by atoms with Crippen molar-refractivity contribution in [2.24, 2.45) is 10.9 Å². The molecule has 6 heteroatoms. The van der Waals surface area contributed by atoms with Crippen LogP contribution >= 0.6 is 0 Å². The summed E-state index contributed by atoms with van der Waals surface area (Å²) in [5, 5.41) is 11.5. The van der Waals surface area contributed by atoms with Gasteiger partial charge in [-0.3, -0.25) is 0 Å². The zero-order chi connectivity index (χ0) is 13.4. The van der Waals surface area contributed by atoms with Gasteiger partial charge in [0.15, 0.2) is 5.84 Å². The Labute approximate surface area is 105 Å². The van der Waals surface area contributed by atoms with Gasteiger partial charge in [0.05, 0.1) is 6.61 Å². The van der Waals surface area contributed by atoms with Crippen LogP contribution in [0.5, 0.6) is 0 Å². The van der Waals surface area contributed by atoms with Crippen molar-refractivity contribution in [2.75, 3.05) is 20.3 Å². The molecular weight excluding hydrogens is 239 g/mol. The number of hydrogen-bond donors (Lipinski definition) is 2. The lowest BCUT2D eigenvalue weighted by Crippen LogP contribution is -2.16. The molecule has 0 spiro atoms. The number of methoxy groups -OCH3 is 1. The molecule has 3 N–H and O–H groups in total. The normalized spacial score (nSPS) is 11.8. The molecule has 0 saturated heterocycles. The first-order valence-electron chi connectivity index (χ1n) is 5.52. The fourth-order valence-corrected chi connectivity index (χ4v) is 1.45. The van der Waals surface area contributed by atoms with Crippen LogP contribution in [0, 0.1) is 5.82 Å². The number of ether oxygens (including phenoxy) is 2. The lowest BCUT2D eigenvalue weighted by molar-refractivity contribution is 0.0927. The fraction of sp³-hybridized carbons (Fsp3) is 0.417. The van der Waals surface area contributed by atoms with Gasteiger partial charge < -0.3 is 20.4 Å². The summed E-state index contributed by atoms with van der Waals surface area (Å²) in [6.45, 7) is 1.42. The first-order chi connectivity index (χ1) is 8.69. The van der Waals surface area contributed by atoms with Crippen molar-refractivity contribution in [3.8, 4) is 0 Å². The summed E-state index contributed by atoms with van der Waals surface area (Å²) in [6.07, 6.45) is 0.774. The summed E-state index contributed by atoms with van der Waals surface area (Å²) >= 11 is 0. The number of rotatable bonds is 7.